The highest BCUT2D eigenvalue weighted by Gasteiger charge is 2.23. The summed E-state index contributed by atoms with van der Waals surface area (Å²) in [5.74, 6) is 0.834. The molecule has 26 heavy (non-hydrogen) atoms. The van der Waals surface area contributed by atoms with Gasteiger partial charge in [-0.15, -0.1) is 0 Å². The van der Waals surface area contributed by atoms with E-state index in [4.69, 9.17) is 9.47 Å². The van der Waals surface area contributed by atoms with Crippen LogP contribution in [0.5, 0.6) is 5.75 Å². The smallest absolute Gasteiger partial charge is 0.282 e. The van der Waals surface area contributed by atoms with Crippen LogP contribution >= 0.6 is 15.9 Å². The molecule has 0 radical (unpaired) electrons. The minimum Gasteiger partial charge on any atom is -0.497 e. The van der Waals surface area contributed by atoms with E-state index in [1.54, 1.807) is 20.4 Å². The van der Waals surface area contributed by atoms with E-state index in [9.17, 15) is 4.79 Å². The molecule has 1 aromatic heterocycles. The molecule has 1 fully saturated rings. The molecule has 2 aromatic rings. The molecule has 1 aromatic carbocycles. The van der Waals surface area contributed by atoms with Gasteiger partial charge in [0.2, 0.25) is 0 Å². The van der Waals surface area contributed by atoms with Gasteiger partial charge < -0.3 is 14.8 Å². The summed E-state index contributed by atoms with van der Waals surface area (Å²) in [5.41, 5.74) is 1.72. The molecule has 2 heterocycles. The molecule has 8 heteroatoms. The van der Waals surface area contributed by atoms with E-state index < -0.39 is 0 Å². The lowest BCUT2D eigenvalue weighted by Crippen LogP contribution is -2.41. The second kappa shape index (κ2) is 8.66. The fourth-order valence-electron chi connectivity index (χ4n) is 3.01. The Morgan fingerprint density at radius 1 is 1.31 bits per heavy atom. The number of hydrogen-bond donors (Lipinski definition) is 1. The van der Waals surface area contributed by atoms with Gasteiger partial charge in [-0.05, 0) is 33.6 Å². The standard InChI is InChI=1S/C18H23BrN4O3/c1-22-18(24)17(19)15(11-21-22)20-12-16(23-7-9-26-10-8-23)13-3-5-14(25-2)6-4-13/h3-6,11,16,20H,7-10,12H2,1-2H3. The summed E-state index contributed by atoms with van der Waals surface area (Å²) in [6.45, 7) is 3.84. The molecule has 0 bridgehead atoms. The van der Waals surface area contributed by atoms with Crippen molar-refractivity contribution in [2.24, 2.45) is 7.05 Å². The van der Waals surface area contributed by atoms with E-state index in [0.29, 0.717) is 16.7 Å². The lowest BCUT2D eigenvalue weighted by molar-refractivity contribution is 0.0187. The van der Waals surface area contributed by atoms with Crippen LogP contribution in [0.1, 0.15) is 11.6 Å². The first kappa shape index (κ1) is 18.9. The van der Waals surface area contributed by atoms with Crippen LogP contribution in [0.25, 0.3) is 0 Å². The normalized spacial score (nSPS) is 16.3. The third kappa shape index (κ3) is 4.25. The summed E-state index contributed by atoms with van der Waals surface area (Å²) >= 11 is 3.37. The van der Waals surface area contributed by atoms with E-state index in [-0.39, 0.29) is 11.6 Å². The molecule has 0 spiro atoms. The largest absolute Gasteiger partial charge is 0.497 e. The number of nitrogens with zero attached hydrogens (tertiary/aromatic N) is 3. The van der Waals surface area contributed by atoms with E-state index in [0.717, 1.165) is 32.1 Å². The maximum Gasteiger partial charge on any atom is 0.282 e. The Kier molecular flexibility index (Phi) is 6.29. The molecule has 1 aliphatic rings. The predicted molar refractivity (Wildman–Crippen MR) is 104 cm³/mol. The van der Waals surface area contributed by atoms with Crippen molar-refractivity contribution in [3.05, 3.63) is 50.9 Å². The van der Waals surface area contributed by atoms with Gasteiger partial charge in [-0.1, -0.05) is 12.1 Å². The number of aryl methyl sites for hydroxylation is 1. The highest BCUT2D eigenvalue weighted by molar-refractivity contribution is 9.10. The minimum atomic E-state index is -0.164. The summed E-state index contributed by atoms with van der Waals surface area (Å²) < 4.78 is 12.5. The van der Waals surface area contributed by atoms with Crippen molar-refractivity contribution in [3.8, 4) is 5.75 Å². The number of morpholine rings is 1. The number of methoxy groups -OCH3 is 1. The first-order chi connectivity index (χ1) is 12.6. The van der Waals surface area contributed by atoms with Crippen LogP contribution < -0.4 is 15.6 Å². The van der Waals surface area contributed by atoms with Crippen molar-refractivity contribution >= 4 is 21.6 Å². The number of ether oxygens (including phenoxy) is 2. The summed E-state index contributed by atoms with van der Waals surface area (Å²) in [5, 5.41) is 7.46. The third-order valence-corrected chi connectivity index (χ3v) is 5.32. The van der Waals surface area contributed by atoms with Crippen molar-refractivity contribution in [2.75, 3.05) is 45.3 Å². The molecule has 0 saturated carbocycles. The Hall–Kier alpha value is -1.90. The quantitative estimate of drug-likeness (QED) is 0.767. The summed E-state index contributed by atoms with van der Waals surface area (Å²) in [4.78, 5) is 14.4. The zero-order valence-corrected chi connectivity index (χ0v) is 16.5. The predicted octanol–water partition coefficient (Wildman–Crippen LogP) is 2.04. The van der Waals surface area contributed by atoms with Gasteiger partial charge in [0.25, 0.3) is 5.56 Å². The van der Waals surface area contributed by atoms with Gasteiger partial charge in [-0.3, -0.25) is 9.69 Å². The second-order valence-corrected chi connectivity index (χ2v) is 6.91. The molecule has 7 nitrogen and oxygen atoms in total. The van der Waals surface area contributed by atoms with E-state index in [1.807, 2.05) is 12.1 Å². The Morgan fingerprint density at radius 2 is 2.00 bits per heavy atom. The van der Waals surface area contributed by atoms with Crippen LogP contribution in [0, 0.1) is 0 Å². The number of nitrogens with one attached hydrogen (secondary N) is 1. The van der Waals surface area contributed by atoms with Crippen LogP contribution in [0.4, 0.5) is 5.69 Å². The SMILES string of the molecule is COc1ccc(C(CNc2cnn(C)c(=O)c2Br)N2CCOCC2)cc1. The number of anilines is 1. The summed E-state index contributed by atoms with van der Waals surface area (Å²) in [6.07, 6.45) is 1.66. The summed E-state index contributed by atoms with van der Waals surface area (Å²) in [6, 6.07) is 8.26. The van der Waals surface area contributed by atoms with Gasteiger partial charge in [0.05, 0.1) is 38.2 Å². The van der Waals surface area contributed by atoms with E-state index in [2.05, 4.69) is 43.4 Å². The van der Waals surface area contributed by atoms with Gasteiger partial charge in [0.15, 0.2) is 0 Å². The average Bonchev–Trinajstić information content (AvgIpc) is 2.69. The van der Waals surface area contributed by atoms with Crippen molar-refractivity contribution < 1.29 is 9.47 Å². The molecule has 0 aliphatic carbocycles. The van der Waals surface area contributed by atoms with E-state index in [1.165, 1.54) is 10.2 Å². The van der Waals surface area contributed by atoms with Gasteiger partial charge in [-0.2, -0.15) is 5.10 Å². The number of aromatic nitrogens is 2. The monoisotopic (exact) mass is 422 g/mol. The molecule has 140 valence electrons. The molecule has 0 amide bonds. The molecular formula is C18H23BrN4O3. The second-order valence-electron chi connectivity index (χ2n) is 6.12. The van der Waals surface area contributed by atoms with E-state index >= 15 is 0 Å². The van der Waals surface area contributed by atoms with Crippen molar-refractivity contribution in [1.29, 1.82) is 0 Å². The molecule has 1 atom stereocenters. The van der Waals surface area contributed by atoms with Crippen molar-refractivity contribution in [3.63, 3.8) is 0 Å². The molecule has 1 N–H and O–H groups in total. The Labute approximate surface area is 161 Å². The zero-order valence-electron chi connectivity index (χ0n) is 14.9. The number of hydrogen-bond acceptors (Lipinski definition) is 6. The molecule has 1 aliphatic heterocycles. The fourth-order valence-corrected chi connectivity index (χ4v) is 3.51. The third-order valence-electron chi connectivity index (χ3n) is 4.55. The van der Waals surface area contributed by atoms with Gasteiger partial charge in [-0.25, -0.2) is 4.68 Å². The highest BCUT2D eigenvalue weighted by atomic mass is 79.9. The maximum absolute atomic E-state index is 12.0. The van der Waals surface area contributed by atoms with Crippen LogP contribution in [-0.4, -0.2) is 54.6 Å². The highest BCUT2D eigenvalue weighted by Crippen LogP contribution is 2.26. The average molecular weight is 423 g/mol. The molecule has 3 rings (SSSR count). The minimum absolute atomic E-state index is 0.153. The maximum atomic E-state index is 12.0. The number of rotatable bonds is 6. The number of halogens is 1. The van der Waals surface area contributed by atoms with Gasteiger partial charge in [0.1, 0.15) is 10.2 Å². The molecular weight excluding hydrogens is 400 g/mol. The van der Waals surface area contributed by atoms with Crippen LogP contribution in [-0.2, 0) is 11.8 Å². The Morgan fingerprint density at radius 3 is 2.65 bits per heavy atom. The number of benzene rings is 1. The van der Waals surface area contributed by atoms with Gasteiger partial charge in [0, 0.05) is 26.7 Å². The van der Waals surface area contributed by atoms with Gasteiger partial charge >= 0.3 is 0 Å². The van der Waals surface area contributed by atoms with Crippen LogP contribution in [0.3, 0.4) is 0 Å². The Bertz CT molecular complexity index is 788. The van der Waals surface area contributed by atoms with Crippen LogP contribution in [0.15, 0.2) is 39.7 Å². The molecule has 1 unspecified atom stereocenters. The first-order valence-electron chi connectivity index (χ1n) is 8.51. The van der Waals surface area contributed by atoms with Crippen molar-refractivity contribution in [1.82, 2.24) is 14.7 Å². The summed E-state index contributed by atoms with van der Waals surface area (Å²) in [7, 11) is 3.29. The first-order valence-corrected chi connectivity index (χ1v) is 9.31. The topological polar surface area (TPSA) is 68.6 Å². The van der Waals surface area contributed by atoms with Crippen LogP contribution in [0.2, 0.25) is 0 Å². The lowest BCUT2D eigenvalue weighted by Gasteiger charge is -2.35. The fraction of sp³-hybridized carbons (Fsp3) is 0.444. The van der Waals surface area contributed by atoms with Crippen molar-refractivity contribution in [2.45, 2.75) is 6.04 Å². The zero-order chi connectivity index (χ0) is 18.5. The lowest BCUT2D eigenvalue weighted by atomic mass is 10.0. The molecule has 1 saturated heterocycles. The Balaban J connectivity index is 1.81.